The van der Waals surface area contributed by atoms with Crippen LogP contribution in [-0.4, -0.2) is 31.2 Å². The number of rotatable bonds is 9. The zero-order valence-corrected chi connectivity index (χ0v) is 18.8. The molecule has 3 aromatic carbocycles. The average Bonchev–Trinajstić information content (AvgIpc) is 3.17. The highest BCUT2D eigenvalue weighted by atomic mass is 19.1. The fourth-order valence-electron chi connectivity index (χ4n) is 4.31. The molecular weight excluding hydrogens is 433 g/mol. The molecule has 0 unspecified atom stereocenters. The molecule has 1 aliphatic carbocycles. The number of benzene rings is 3. The van der Waals surface area contributed by atoms with Crippen LogP contribution in [0.1, 0.15) is 36.3 Å². The topological polar surface area (TPSA) is 93.4 Å². The Morgan fingerprint density at radius 3 is 2.15 bits per heavy atom. The molecule has 6 nitrogen and oxygen atoms in total. The molecule has 1 aliphatic rings. The number of ether oxygens (including phenoxy) is 1. The van der Waals surface area contributed by atoms with Crippen molar-refractivity contribution in [3.05, 3.63) is 89.7 Å². The lowest BCUT2D eigenvalue weighted by molar-refractivity contribution is -0.118. The first-order chi connectivity index (χ1) is 16.6. The quantitative estimate of drug-likeness (QED) is 0.399. The van der Waals surface area contributed by atoms with Crippen LogP contribution >= 0.6 is 0 Å². The fraction of sp³-hybridized carbons (Fsp3) is 0.259. The third-order valence-electron chi connectivity index (χ3n) is 6.01. The van der Waals surface area contributed by atoms with E-state index < -0.39 is 23.9 Å². The van der Waals surface area contributed by atoms with Crippen LogP contribution in [0.5, 0.6) is 0 Å². The molecule has 4 N–H and O–H groups in total. The molecule has 0 bridgehead atoms. The molecule has 0 heterocycles. The number of halogens is 1. The molecule has 0 saturated carbocycles. The average molecular weight is 462 g/mol. The maximum absolute atomic E-state index is 13.2. The highest BCUT2D eigenvalue weighted by Gasteiger charge is 2.29. The maximum atomic E-state index is 13.2. The van der Waals surface area contributed by atoms with E-state index in [0.29, 0.717) is 25.1 Å². The molecule has 3 aromatic rings. The molecule has 2 amide bonds. The summed E-state index contributed by atoms with van der Waals surface area (Å²) in [4.78, 5) is 25.5. The van der Waals surface area contributed by atoms with Crippen LogP contribution in [0.2, 0.25) is 0 Å². The Bertz CT molecular complexity index is 1100. The molecule has 0 fully saturated rings. The van der Waals surface area contributed by atoms with Crippen LogP contribution in [0.4, 0.5) is 14.9 Å². The summed E-state index contributed by atoms with van der Waals surface area (Å²) in [6.07, 6.45) is 1.15. The lowest BCUT2D eigenvalue weighted by Gasteiger charge is -2.20. The van der Waals surface area contributed by atoms with Gasteiger partial charge < -0.3 is 21.1 Å². The van der Waals surface area contributed by atoms with Gasteiger partial charge in [-0.3, -0.25) is 4.79 Å². The molecule has 7 heteroatoms. The van der Waals surface area contributed by atoms with Gasteiger partial charge in [-0.05, 0) is 72.3 Å². The smallest absolute Gasteiger partial charge is 0.407 e. The number of hydrogen-bond donors (Lipinski definition) is 3. The van der Waals surface area contributed by atoms with Crippen molar-refractivity contribution >= 4 is 17.7 Å². The van der Waals surface area contributed by atoms with E-state index >= 15 is 0 Å². The van der Waals surface area contributed by atoms with E-state index in [1.54, 1.807) is 0 Å². The lowest BCUT2D eigenvalue weighted by Crippen LogP contribution is -2.44. The number of fused-ring (bicyclic) bond motifs is 3. The van der Waals surface area contributed by atoms with Gasteiger partial charge in [-0.1, -0.05) is 48.5 Å². The van der Waals surface area contributed by atoms with Crippen molar-refractivity contribution in [2.45, 2.75) is 31.2 Å². The SMILES string of the molecule is NCCCC[C@H](NC(=O)OCC1c2ccccc2-c2ccccc21)C(=O)Nc1ccc(F)cc1. The first kappa shape index (κ1) is 23.4. The Kier molecular flexibility index (Phi) is 7.54. The summed E-state index contributed by atoms with van der Waals surface area (Å²) in [7, 11) is 0. The summed E-state index contributed by atoms with van der Waals surface area (Å²) in [5.74, 6) is -0.853. The number of alkyl carbamates (subject to hydrolysis) is 1. The summed E-state index contributed by atoms with van der Waals surface area (Å²) in [6, 6.07) is 20.9. The van der Waals surface area contributed by atoms with E-state index in [1.165, 1.54) is 24.3 Å². The van der Waals surface area contributed by atoms with E-state index in [-0.39, 0.29) is 12.5 Å². The van der Waals surface area contributed by atoms with Gasteiger partial charge in [-0.25, -0.2) is 9.18 Å². The highest BCUT2D eigenvalue weighted by Crippen LogP contribution is 2.44. The third-order valence-corrected chi connectivity index (χ3v) is 6.01. The minimum atomic E-state index is -0.799. The second-order valence-electron chi connectivity index (χ2n) is 8.30. The van der Waals surface area contributed by atoms with Gasteiger partial charge in [0, 0.05) is 11.6 Å². The highest BCUT2D eigenvalue weighted by molar-refractivity contribution is 5.96. The van der Waals surface area contributed by atoms with E-state index in [2.05, 4.69) is 22.8 Å². The minimum absolute atomic E-state index is 0.0677. The summed E-state index contributed by atoms with van der Waals surface area (Å²) in [5, 5.41) is 5.41. The van der Waals surface area contributed by atoms with Crippen molar-refractivity contribution < 1.29 is 18.7 Å². The molecule has 0 spiro atoms. The minimum Gasteiger partial charge on any atom is -0.449 e. The number of unbranched alkanes of at least 4 members (excludes halogenated alkanes) is 1. The monoisotopic (exact) mass is 461 g/mol. The molecule has 0 aliphatic heterocycles. The molecule has 0 aromatic heterocycles. The van der Waals surface area contributed by atoms with Crippen molar-refractivity contribution in [1.29, 1.82) is 0 Å². The van der Waals surface area contributed by atoms with Gasteiger partial charge in [0.1, 0.15) is 18.5 Å². The number of nitrogens with one attached hydrogen (secondary N) is 2. The summed E-state index contributed by atoms with van der Waals surface area (Å²) in [5.41, 5.74) is 10.5. The number of anilines is 1. The van der Waals surface area contributed by atoms with Crippen LogP contribution < -0.4 is 16.4 Å². The van der Waals surface area contributed by atoms with Crippen molar-refractivity contribution in [2.75, 3.05) is 18.5 Å². The first-order valence-corrected chi connectivity index (χ1v) is 11.4. The van der Waals surface area contributed by atoms with E-state index in [1.807, 2.05) is 36.4 Å². The van der Waals surface area contributed by atoms with E-state index in [9.17, 15) is 14.0 Å². The lowest BCUT2D eigenvalue weighted by atomic mass is 9.98. The normalized spacial score (nSPS) is 13.0. The second kappa shape index (κ2) is 10.9. The standard InChI is InChI=1S/C27H28FN3O3/c28-18-12-14-19(15-13-18)30-26(32)25(11-5-6-16-29)31-27(33)34-17-24-22-9-3-1-7-20(22)21-8-2-4-10-23(21)24/h1-4,7-10,12-15,24-25H,5-6,11,16-17,29H2,(H,30,32)(H,31,33)/t25-/m0/s1. The molecule has 0 saturated heterocycles. The Hall–Kier alpha value is -3.71. The molecule has 34 heavy (non-hydrogen) atoms. The van der Waals surface area contributed by atoms with Gasteiger partial charge in [0.05, 0.1) is 0 Å². The second-order valence-corrected chi connectivity index (χ2v) is 8.30. The van der Waals surface area contributed by atoms with Gasteiger partial charge in [0.2, 0.25) is 5.91 Å². The van der Waals surface area contributed by atoms with Crippen LogP contribution in [0.3, 0.4) is 0 Å². The summed E-state index contributed by atoms with van der Waals surface area (Å²) >= 11 is 0. The number of carbonyl (C=O) groups excluding carboxylic acids is 2. The van der Waals surface area contributed by atoms with Gasteiger partial charge in [0.15, 0.2) is 0 Å². The van der Waals surface area contributed by atoms with E-state index in [4.69, 9.17) is 10.5 Å². The molecule has 176 valence electrons. The van der Waals surface area contributed by atoms with Crippen molar-refractivity contribution in [3.8, 4) is 11.1 Å². The first-order valence-electron chi connectivity index (χ1n) is 11.4. The predicted molar refractivity (Wildman–Crippen MR) is 130 cm³/mol. The number of hydrogen-bond acceptors (Lipinski definition) is 4. The van der Waals surface area contributed by atoms with Crippen molar-refractivity contribution in [1.82, 2.24) is 5.32 Å². The fourth-order valence-corrected chi connectivity index (χ4v) is 4.31. The Labute approximate surface area is 198 Å². The molecular formula is C27H28FN3O3. The largest absolute Gasteiger partial charge is 0.449 e. The van der Waals surface area contributed by atoms with Crippen molar-refractivity contribution in [3.63, 3.8) is 0 Å². The summed E-state index contributed by atoms with van der Waals surface area (Å²) in [6.45, 7) is 0.659. The third kappa shape index (κ3) is 5.43. The Balaban J connectivity index is 1.40. The molecule has 4 rings (SSSR count). The number of nitrogens with two attached hydrogens (primary N) is 1. The van der Waals surface area contributed by atoms with E-state index in [0.717, 1.165) is 28.7 Å². The van der Waals surface area contributed by atoms with Gasteiger partial charge in [-0.2, -0.15) is 0 Å². The van der Waals surface area contributed by atoms with Gasteiger partial charge in [0.25, 0.3) is 0 Å². The Morgan fingerprint density at radius 2 is 1.53 bits per heavy atom. The van der Waals surface area contributed by atoms with Crippen LogP contribution in [0, 0.1) is 5.82 Å². The molecule has 1 atom stereocenters. The van der Waals surface area contributed by atoms with Crippen LogP contribution in [-0.2, 0) is 9.53 Å². The Morgan fingerprint density at radius 1 is 0.912 bits per heavy atom. The van der Waals surface area contributed by atoms with Gasteiger partial charge in [-0.15, -0.1) is 0 Å². The zero-order valence-electron chi connectivity index (χ0n) is 18.8. The number of carbonyl (C=O) groups is 2. The zero-order chi connectivity index (χ0) is 23.9. The summed E-state index contributed by atoms with van der Waals surface area (Å²) < 4.78 is 18.7. The van der Waals surface area contributed by atoms with Gasteiger partial charge >= 0.3 is 6.09 Å². The van der Waals surface area contributed by atoms with Crippen LogP contribution in [0.25, 0.3) is 11.1 Å². The number of amides is 2. The van der Waals surface area contributed by atoms with Crippen molar-refractivity contribution in [2.24, 2.45) is 5.73 Å². The predicted octanol–water partition coefficient (Wildman–Crippen LogP) is 4.80. The molecule has 0 radical (unpaired) electrons. The van der Waals surface area contributed by atoms with Crippen LogP contribution in [0.15, 0.2) is 72.8 Å². The maximum Gasteiger partial charge on any atom is 0.407 e.